The molecule has 0 bridgehead atoms. The van der Waals surface area contributed by atoms with Crippen LogP contribution in [-0.4, -0.2) is 69.2 Å². The van der Waals surface area contributed by atoms with Crippen molar-refractivity contribution in [2.24, 2.45) is 0 Å². The normalized spacial score (nSPS) is 25.6. The quantitative estimate of drug-likeness (QED) is 0.392. The van der Waals surface area contributed by atoms with Crippen LogP contribution >= 0.6 is 0 Å². The third-order valence-electron chi connectivity index (χ3n) is 5.20. The van der Waals surface area contributed by atoms with Crippen molar-refractivity contribution in [3.63, 3.8) is 0 Å². The van der Waals surface area contributed by atoms with Crippen molar-refractivity contribution >= 4 is 11.8 Å². The van der Waals surface area contributed by atoms with Gasteiger partial charge in [-0.05, 0) is 55.5 Å². The molecule has 2 amide bonds. The summed E-state index contributed by atoms with van der Waals surface area (Å²) in [5.41, 5.74) is -1.14. The van der Waals surface area contributed by atoms with Crippen molar-refractivity contribution in [2.45, 2.75) is 30.8 Å². The zero-order valence-corrected chi connectivity index (χ0v) is 16.3. The van der Waals surface area contributed by atoms with Gasteiger partial charge >= 0.3 is 0 Å². The lowest BCUT2D eigenvalue weighted by Gasteiger charge is -2.29. The van der Waals surface area contributed by atoms with Crippen molar-refractivity contribution in [3.05, 3.63) is 59.7 Å². The Morgan fingerprint density at radius 3 is 1.90 bits per heavy atom. The third-order valence-corrected chi connectivity index (χ3v) is 5.20. The van der Waals surface area contributed by atoms with Crippen LogP contribution in [0.15, 0.2) is 48.5 Å². The molecular weight excluding hydrogens is 392 g/mol. The molecule has 160 valence electrons. The van der Waals surface area contributed by atoms with E-state index < -0.39 is 35.7 Å². The summed E-state index contributed by atoms with van der Waals surface area (Å²) < 4.78 is 5.61. The number of phenols is 2. The zero-order chi connectivity index (χ0) is 21.9. The van der Waals surface area contributed by atoms with Gasteiger partial charge < -0.3 is 35.8 Å². The number of aliphatic hydroxyl groups excluding tert-OH is 1. The predicted octanol–water partition coefficient (Wildman–Crippen LogP) is 0.137. The smallest absolute Gasteiger partial charge is 0.251 e. The van der Waals surface area contributed by atoms with Gasteiger partial charge in [0.25, 0.3) is 11.8 Å². The Morgan fingerprint density at radius 1 is 0.933 bits per heavy atom. The van der Waals surface area contributed by atoms with E-state index in [2.05, 4.69) is 10.6 Å². The molecule has 1 aliphatic heterocycles. The van der Waals surface area contributed by atoms with Crippen LogP contribution in [-0.2, 0) is 4.74 Å². The maximum Gasteiger partial charge on any atom is 0.251 e. The average Bonchev–Trinajstić information content (AvgIpc) is 2.95. The molecule has 0 aromatic heterocycles. The van der Waals surface area contributed by atoms with Crippen LogP contribution in [0.4, 0.5) is 0 Å². The van der Waals surface area contributed by atoms with Crippen LogP contribution in [0.25, 0.3) is 0 Å². The number of ether oxygens (including phenoxy) is 1. The fraction of sp³-hybridized carbons (Fsp3) is 0.333. The Bertz CT molecular complexity index is 901. The third kappa shape index (κ3) is 4.54. The second-order valence-electron chi connectivity index (χ2n) is 7.24. The van der Waals surface area contributed by atoms with Gasteiger partial charge in [-0.2, -0.15) is 0 Å². The number of benzene rings is 2. The number of aliphatic hydroxyl groups is 2. The maximum atomic E-state index is 12.2. The van der Waals surface area contributed by atoms with Crippen LogP contribution in [0.3, 0.4) is 0 Å². The summed E-state index contributed by atoms with van der Waals surface area (Å²) in [6, 6.07) is 11.3. The van der Waals surface area contributed by atoms with Gasteiger partial charge in [0.2, 0.25) is 0 Å². The monoisotopic (exact) mass is 416 g/mol. The highest BCUT2D eigenvalue weighted by Gasteiger charge is 2.53. The molecule has 30 heavy (non-hydrogen) atoms. The lowest BCUT2D eigenvalue weighted by Crippen LogP contribution is -2.56. The van der Waals surface area contributed by atoms with E-state index in [4.69, 9.17) is 4.74 Å². The molecule has 6 N–H and O–H groups in total. The number of amides is 2. The van der Waals surface area contributed by atoms with E-state index in [9.17, 15) is 30.0 Å². The lowest BCUT2D eigenvalue weighted by atomic mass is 9.91. The number of carbonyl (C=O) groups is 2. The van der Waals surface area contributed by atoms with Crippen molar-refractivity contribution in [1.82, 2.24) is 10.6 Å². The van der Waals surface area contributed by atoms with E-state index in [0.717, 1.165) is 0 Å². The molecule has 3 rings (SSSR count). The van der Waals surface area contributed by atoms with Crippen LogP contribution < -0.4 is 10.6 Å². The highest BCUT2D eigenvalue weighted by Crippen LogP contribution is 2.30. The van der Waals surface area contributed by atoms with Gasteiger partial charge in [0.15, 0.2) is 0 Å². The van der Waals surface area contributed by atoms with Gasteiger partial charge in [-0.1, -0.05) is 0 Å². The molecule has 2 aromatic rings. The second kappa shape index (κ2) is 8.70. The standard InChI is InChI=1S/C21H24N2O7/c1-12-21(29,11-23-20(28)14-4-8-16(25)9-5-14)18(26)17(30-12)10-22-19(27)13-2-6-15(24)7-3-13/h2-9,12,17-18,24-26,29H,10-11H2,1H3,(H,22,27)(H,23,28)/t12?,17-,18-,21+/m1/s1. The van der Waals surface area contributed by atoms with Crippen molar-refractivity contribution in [1.29, 1.82) is 0 Å². The molecule has 2 aromatic carbocycles. The summed E-state index contributed by atoms with van der Waals surface area (Å²) in [6.07, 6.45) is -3.03. The first-order valence-corrected chi connectivity index (χ1v) is 9.41. The molecule has 0 radical (unpaired) electrons. The molecule has 1 aliphatic rings. The topological polar surface area (TPSA) is 148 Å². The number of hydrogen-bond donors (Lipinski definition) is 6. The number of nitrogens with one attached hydrogen (secondary N) is 2. The summed E-state index contributed by atoms with van der Waals surface area (Å²) in [6.45, 7) is 1.24. The lowest BCUT2D eigenvalue weighted by molar-refractivity contribution is -0.0682. The van der Waals surface area contributed by atoms with Crippen LogP contribution in [0.2, 0.25) is 0 Å². The molecule has 0 saturated carbocycles. The van der Waals surface area contributed by atoms with E-state index >= 15 is 0 Å². The number of rotatable bonds is 6. The van der Waals surface area contributed by atoms with Crippen LogP contribution in [0.5, 0.6) is 11.5 Å². The predicted molar refractivity (Wildman–Crippen MR) is 106 cm³/mol. The number of aromatic hydroxyl groups is 2. The van der Waals surface area contributed by atoms with Crippen molar-refractivity contribution in [2.75, 3.05) is 13.1 Å². The molecular formula is C21H24N2O7. The molecule has 4 atom stereocenters. The van der Waals surface area contributed by atoms with Gasteiger partial charge in [0.05, 0.1) is 12.6 Å². The van der Waals surface area contributed by atoms with Crippen molar-refractivity contribution < 1.29 is 34.8 Å². The molecule has 1 saturated heterocycles. The Balaban J connectivity index is 1.57. The SMILES string of the molecule is CC1O[C@H](CNC(=O)c2ccc(O)cc2)[C@@H](O)[C@]1(O)CNC(=O)c1ccc(O)cc1. The minimum Gasteiger partial charge on any atom is -0.508 e. The van der Waals surface area contributed by atoms with E-state index in [0.29, 0.717) is 5.56 Å². The first kappa shape index (κ1) is 21.6. The summed E-state index contributed by atoms with van der Waals surface area (Å²) in [4.78, 5) is 24.4. The largest absolute Gasteiger partial charge is 0.508 e. The van der Waals surface area contributed by atoms with Crippen LogP contribution in [0.1, 0.15) is 27.6 Å². The molecule has 1 heterocycles. The van der Waals surface area contributed by atoms with E-state index in [1.807, 2.05) is 0 Å². The van der Waals surface area contributed by atoms with Gasteiger partial charge in [0, 0.05) is 17.7 Å². The van der Waals surface area contributed by atoms with E-state index in [1.165, 1.54) is 48.5 Å². The summed E-state index contributed by atoms with van der Waals surface area (Å²) in [7, 11) is 0. The highest BCUT2D eigenvalue weighted by molar-refractivity contribution is 5.94. The first-order chi connectivity index (χ1) is 14.2. The summed E-state index contributed by atoms with van der Waals surface area (Å²) in [5, 5.41) is 45.2. The second-order valence-corrected chi connectivity index (χ2v) is 7.24. The zero-order valence-electron chi connectivity index (χ0n) is 16.3. The van der Waals surface area contributed by atoms with Gasteiger partial charge in [0.1, 0.15) is 29.3 Å². The van der Waals surface area contributed by atoms with Gasteiger partial charge in [-0.25, -0.2) is 0 Å². The maximum absolute atomic E-state index is 12.2. The van der Waals surface area contributed by atoms with Gasteiger partial charge in [-0.3, -0.25) is 9.59 Å². The minimum absolute atomic E-state index is 0.0237. The van der Waals surface area contributed by atoms with Crippen LogP contribution in [0, 0.1) is 0 Å². The highest BCUT2D eigenvalue weighted by atomic mass is 16.5. The Kier molecular flexibility index (Phi) is 6.25. The molecule has 1 fully saturated rings. The fourth-order valence-corrected chi connectivity index (χ4v) is 3.27. The summed E-state index contributed by atoms with van der Waals surface area (Å²) in [5.74, 6) is -0.841. The Hall–Kier alpha value is -3.14. The van der Waals surface area contributed by atoms with E-state index in [1.54, 1.807) is 6.92 Å². The molecule has 0 spiro atoms. The number of hydrogen-bond acceptors (Lipinski definition) is 7. The molecule has 9 heteroatoms. The van der Waals surface area contributed by atoms with Gasteiger partial charge in [-0.15, -0.1) is 0 Å². The molecule has 0 aliphatic carbocycles. The number of carbonyl (C=O) groups excluding carboxylic acids is 2. The van der Waals surface area contributed by atoms with E-state index in [-0.39, 0.29) is 30.2 Å². The van der Waals surface area contributed by atoms with Crippen molar-refractivity contribution in [3.8, 4) is 11.5 Å². The fourth-order valence-electron chi connectivity index (χ4n) is 3.27. The molecule has 9 nitrogen and oxygen atoms in total. The number of phenolic OH excluding ortho intramolecular Hbond substituents is 2. The Morgan fingerprint density at radius 2 is 1.40 bits per heavy atom. The Labute approximate surface area is 172 Å². The minimum atomic E-state index is -1.75. The first-order valence-electron chi connectivity index (χ1n) is 9.41. The summed E-state index contributed by atoms with van der Waals surface area (Å²) >= 11 is 0. The average molecular weight is 416 g/mol. The molecule has 1 unspecified atom stereocenters.